The van der Waals surface area contributed by atoms with Gasteiger partial charge in [0.2, 0.25) is 10.0 Å². The minimum absolute atomic E-state index is 0.0165. The van der Waals surface area contributed by atoms with E-state index >= 15 is 0 Å². The molecule has 160 valence electrons. The van der Waals surface area contributed by atoms with E-state index in [1.165, 1.54) is 23.9 Å². The summed E-state index contributed by atoms with van der Waals surface area (Å²) in [5.41, 5.74) is 0.163. The molecule has 0 radical (unpaired) electrons. The van der Waals surface area contributed by atoms with Crippen molar-refractivity contribution < 1.29 is 13.5 Å². The quantitative estimate of drug-likeness (QED) is 0.532. The summed E-state index contributed by atoms with van der Waals surface area (Å²) in [6.07, 6.45) is 0. The van der Waals surface area contributed by atoms with Gasteiger partial charge < -0.3 is 10.0 Å². The minimum atomic E-state index is -3.80. The van der Waals surface area contributed by atoms with Crippen LogP contribution in [0, 0.1) is 0 Å². The Morgan fingerprint density at radius 1 is 1.03 bits per heavy atom. The maximum atomic E-state index is 11.6. The van der Waals surface area contributed by atoms with Crippen LogP contribution in [0.5, 0.6) is 0 Å². The van der Waals surface area contributed by atoms with Crippen molar-refractivity contribution in [2.24, 2.45) is 10.1 Å². The highest BCUT2D eigenvalue weighted by atomic mass is 35.5. The molecule has 0 aliphatic carbocycles. The third-order valence-corrected chi connectivity index (χ3v) is 7.17. The van der Waals surface area contributed by atoms with Crippen LogP contribution in [0.15, 0.2) is 93.6 Å². The summed E-state index contributed by atoms with van der Waals surface area (Å²) in [7, 11) is -3.80. The van der Waals surface area contributed by atoms with Gasteiger partial charge in [-0.15, -0.1) is 11.8 Å². The first-order chi connectivity index (χ1) is 14.7. The van der Waals surface area contributed by atoms with Crippen LogP contribution in [0.4, 0.5) is 5.69 Å². The van der Waals surface area contributed by atoms with Crippen LogP contribution in [-0.2, 0) is 10.0 Å². The standard InChI is InChI=1S/C22H20ClN3O3S2/c23-17-8-10-18(11-9-17)26-14-22(27,15-30-19-4-2-1-3-5-19)25-21(26)16-6-12-20(13-7-16)31(24,28)29/h1-13,27H,14-15H2,(H2,24,28,29). The maximum Gasteiger partial charge on any atom is 0.238 e. The predicted molar refractivity (Wildman–Crippen MR) is 125 cm³/mol. The second kappa shape index (κ2) is 8.64. The molecule has 31 heavy (non-hydrogen) atoms. The fourth-order valence-electron chi connectivity index (χ4n) is 3.26. The van der Waals surface area contributed by atoms with Crippen LogP contribution in [0.25, 0.3) is 0 Å². The number of rotatable bonds is 6. The molecule has 3 aromatic rings. The van der Waals surface area contributed by atoms with Crippen LogP contribution in [0.1, 0.15) is 5.56 Å². The first kappa shape index (κ1) is 21.9. The second-order valence-electron chi connectivity index (χ2n) is 7.15. The van der Waals surface area contributed by atoms with Crippen molar-refractivity contribution in [1.29, 1.82) is 0 Å². The van der Waals surface area contributed by atoms with Gasteiger partial charge in [0, 0.05) is 26.9 Å². The van der Waals surface area contributed by atoms with Crippen molar-refractivity contribution in [3.63, 3.8) is 0 Å². The first-order valence-electron chi connectivity index (χ1n) is 9.40. The molecule has 0 aromatic heterocycles. The van der Waals surface area contributed by atoms with Crippen molar-refractivity contribution >= 4 is 44.9 Å². The summed E-state index contributed by atoms with van der Waals surface area (Å²) < 4.78 is 23.2. The molecule has 4 rings (SSSR count). The molecule has 0 bridgehead atoms. The number of nitrogens with two attached hydrogens (primary N) is 1. The van der Waals surface area contributed by atoms with Gasteiger partial charge in [-0.05, 0) is 60.7 Å². The van der Waals surface area contributed by atoms with E-state index in [4.69, 9.17) is 16.7 Å². The Bertz CT molecular complexity index is 1200. The number of amidine groups is 1. The summed E-state index contributed by atoms with van der Waals surface area (Å²) in [4.78, 5) is 7.59. The minimum Gasteiger partial charge on any atom is -0.367 e. The van der Waals surface area contributed by atoms with E-state index in [9.17, 15) is 13.5 Å². The highest BCUT2D eigenvalue weighted by Crippen LogP contribution is 2.33. The first-order valence-corrected chi connectivity index (χ1v) is 12.3. The van der Waals surface area contributed by atoms with Crippen LogP contribution in [-0.4, -0.2) is 37.4 Å². The van der Waals surface area contributed by atoms with Gasteiger partial charge in [-0.2, -0.15) is 0 Å². The molecule has 0 saturated heterocycles. The lowest BCUT2D eigenvalue weighted by atomic mass is 10.1. The fourth-order valence-corrected chi connectivity index (χ4v) is 4.81. The molecule has 1 heterocycles. The van der Waals surface area contributed by atoms with E-state index in [0.29, 0.717) is 22.2 Å². The molecule has 9 heteroatoms. The number of thioether (sulfide) groups is 1. The Kier molecular flexibility index (Phi) is 6.09. The normalized spacial score (nSPS) is 18.8. The van der Waals surface area contributed by atoms with Gasteiger partial charge in [-0.3, -0.25) is 0 Å². The van der Waals surface area contributed by atoms with E-state index in [2.05, 4.69) is 4.99 Å². The number of anilines is 1. The Labute approximate surface area is 190 Å². The smallest absolute Gasteiger partial charge is 0.238 e. The van der Waals surface area contributed by atoms with E-state index in [0.717, 1.165) is 10.6 Å². The second-order valence-corrected chi connectivity index (χ2v) is 10.2. The molecule has 3 aromatic carbocycles. The van der Waals surface area contributed by atoms with Gasteiger partial charge >= 0.3 is 0 Å². The predicted octanol–water partition coefficient (Wildman–Crippen LogP) is 3.74. The lowest BCUT2D eigenvalue weighted by molar-refractivity contribution is 0.0931. The number of hydrogen-bond acceptors (Lipinski definition) is 6. The molecular weight excluding hydrogens is 454 g/mol. The summed E-state index contributed by atoms with van der Waals surface area (Å²) in [5, 5.41) is 17.1. The van der Waals surface area contributed by atoms with Gasteiger partial charge in [0.1, 0.15) is 5.84 Å². The molecule has 0 fully saturated rings. The zero-order valence-corrected chi connectivity index (χ0v) is 18.7. The third-order valence-electron chi connectivity index (χ3n) is 4.77. The largest absolute Gasteiger partial charge is 0.367 e. The number of benzene rings is 3. The van der Waals surface area contributed by atoms with Gasteiger partial charge in [-0.25, -0.2) is 18.5 Å². The average Bonchev–Trinajstić information content (AvgIpc) is 3.11. The highest BCUT2D eigenvalue weighted by Gasteiger charge is 2.38. The monoisotopic (exact) mass is 473 g/mol. The summed E-state index contributed by atoms with van der Waals surface area (Å²) in [6, 6.07) is 23.2. The third kappa shape index (κ3) is 5.11. The lowest BCUT2D eigenvalue weighted by Crippen LogP contribution is -2.38. The van der Waals surface area contributed by atoms with Crippen LogP contribution < -0.4 is 10.0 Å². The van der Waals surface area contributed by atoms with Gasteiger partial charge in [0.25, 0.3) is 0 Å². The number of halogens is 1. The summed E-state index contributed by atoms with van der Waals surface area (Å²) in [5.74, 6) is 0.902. The number of aliphatic hydroxyl groups is 1. The number of β-amino-alcohol motifs (C(OH)–C–C–N with tert-alkyl or cyclic N) is 1. The number of hydrogen-bond donors (Lipinski definition) is 2. The molecule has 1 aliphatic rings. The van der Waals surface area contributed by atoms with Gasteiger partial charge in [0.05, 0.1) is 11.4 Å². The Hall–Kier alpha value is -2.36. The Balaban J connectivity index is 1.67. The maximum absolute atomic E-state index is 11.6. The molecule has 3 N–H and O–H groups in total. The van der Waals surface area contributed by atoms with Crippen molar-refractivity contribution in [3.8, 4) is 0 Å². The fraction of sp³-hybridized carbons (Fsp3) is 0.136. The van der Waals surface area contributed by atoms with Crippen LogP contribution >= 0.6 is 23.4 Å². The Morgan fingerprint density at radius 2 is 1.68 bits per heavy atom. The van der Waals surface area contributed by atoms with Gasteiger partial charge in [-0.1, -0.05) is 29.8 Å². The molecule has 6 nitrogen and oxygen atoms in total. The van der Waals surface area contributed by atoms with Gasteiger partial charge in [0.15, 0.2) is 5.72 Å². The summed E-state index contributed by atoms with van der Waals surface area (Å²) in [6.45, 7) is 0.251. The van der Waals surface area contributed by atoms with E-state index < -0.39 is 15.7 Å². The molecule has 0 spiro atoms. The Morgan fingerprint density at radius 3 is 2.29 bits per heavy atom. The molecule has 1 aliphatic heterocycles. The van der Waals surface area contributed by atoms with E-state index in [1.807, 2.05) is 47.4 Å². The number of primary sulfonamides is 1. The molecular formula is C22H20ClN3O3S2. The molecule has 1 unspecified atom stereocenters. The number of sulfonamides is 1. The summed E-state index contributed by atoms with van der Waals surface area (Å²) >= 11 is 7.55. The highest BCUT2D eigenvalue weighted by molar-refractivity contribution is 7.99. The zero-order valence-electron chi connectivity index (χ0n) is 16.3. The van der Waals surface area contributed by atoms with Crippen molar-refractivity contribution in [2.45, 2.75) is 15.5 Å². The SMILES string of the molecule is NS(=O)(=O)c1ccc(C2=NC(O)(CSc3ccccc3)CN2c2ccc(Cl)cc2)cc1. The molecule has 0 amide bonds. The molecule has 1 atom stereocenters. The van der Waals surface area contributed by atoms with Crippen LogP contribution in [0.3, 0.4) is 0 Å². The van der Waals surface area contributed by atoms with Crippen molar-refractivity contribution in [2.75, 3.05) is 17.2 Å². The van der Waals surface area contributed by atoms with Crippen LogP contribution in [0.2, 0.25) is 5.02 Å². The van der Waals surface area contributed by atoms with Crippen molar-refractivity contribution in [3.05, 3.63) is 89.4 Å². The van der Waals surface area contributed by atoms with E-state index in [-0.39, 0.29) is 11.4 Å². The van der Waals surface area contributed by atoms with E-state index in [1.54, 1.807) is 24.3 Å². The molecule has 0 saturated carbocycles. The van der Waals surface area contributed by atoms with Crippen molar-refractivity contribution in [1.82, 2.24) is 0 Å². The zero-order chi connectivity index (χ0) is 22.1. The lowest BCUT2D eigenvalue weighted by Gasteiger charge is -2.24. The average molecular weight is 474 g/mol. The number of nitrogens with zero attached hydrogens (tertiary/aromatic N) is 2. The topological polar surface area (TPSA) is 96.0 Å². The number of aliphatic imine (C=N–C) groups is 1.